The Bertz CT molecular complexity index is 905. The van der Waals surface area contributed by atoms with Crippen molar-refractivity contribution in [3.05, 3.63) is 54.1 Å². The molecule has 0 aliphatic carbocycles. The zero-order valence-corrected chi connectivity index (χ0v) is 14.2. The fraction of sp³-hybridized carbons (Fsp3) is 0.188. The molecule has 1 aromatic heterocycles. The smallest absolute Gasteiger partial charge is 0.237 e. The van der Waals surface area contributed by atoms with Gasteiger partial charge in [-0.3, -0.25) is 4.72 Å². The second-order valence-electron chi connectivity index (χ2n) is 5.07. The number of nitrogens with zero attached hydrogens (tertiary/aromatic N) is 1. The monoisotopic (exact) mass is 348 g/mol. The van der Waals surface area contributed by atoms with Gasteiger partial charge in [0.05, 0.1) is 10.2 Å². The van der Waals surface area contributed by atoms with E-state index >= 15 is 0 Å². The molecule has 0 fully saturated rings. The Hall–Kier alpha value is -2.12. The predicted octanol–water partition coefficient (Wildman–Crippen LogP) is 3.43. The van der Waals surface area contributed by atoms with Gasteiger partial charge in [0.15, 0.2) is 5.13 Å². The van der Waals surface area contributed by atoms with E-state index in [0.717, 1.165) is 15.8 Å². The molecule has 0 spiro atoms. The van der Waals surface area contributed by atoms with Crippen LogP contribution in [0.15, 0.2) is 48.5 Å². The maximum Gasteiger partial charge on any atom is 0.237 e. The molecule has 0 amide bonds. The number of fused-ring (bicyclic) bond motifs is 1. The van der Waals surface area contributed by atoms with Crippen molar-refractivity contribution in [2.75, 3.05) is 17.1 Å². The first-order chi connectivity index (χ1) is 11.0. The van der Waals surface area contributed by atoms with Crippen LogP contribution in [0.4, 0.5) is 5.13 Å². The van der Waals surface area contributed by atoms with E-state index in [4.69, 9.17) is 4.74 Å². The number of hydrogen-bond acceptors (Lipinski definition) is 5. The number of thiazole rings is 1. The van der Waals surface area contributed by atoms with Crippen molar-refractivity contribution in [3.63, 3.8) is 0 Å². The number of ether oxygens (including phenoxy) is 1. The van der Waals surface area contributed by atoms with Crippen LogP contribution in [0.1, 0.15) is 5.56 Å². The molecule has 1 heterocycles. The fourth-order valence-corrected chi connectivity index (χ4v) is 4.12. The molecule has 0 aliphatic rings. The van der Waals surface area contributed by atoms with Gasteiger partial charge in [0, 0.05) is 0 Å². The highest BCUT2D eigenvalue weighted by Gasteiger charge is 2.14. The minimum atomic E-state index is -3.49. The summed E-state index contributed by atoms with van der Waals surface area (Å²) in [6, 6.07) is 15.0. The maximum absolute atomic E-state index is 12.1. The van der Waals surface area contributed by atoms with Gasteiger partial charge < -0.3 is 4.74 Å². The first-order valence-corrected chi connectivity index (χ1v) is 9.54. The van der Waals surface area contributed by atoms with Crippen molar-refractivity contribution in [2.45, 2.75) is 6.92 Å². The second-order valence-corrected chi connectivity index (χ2v) is 7.95. The Labute approximate surface area is 139 Å². The summed E-state index contributed by atoms with van der Waals surface area (Å²) >= 11 is 1.33. The van der Waals surface area contributed by atoms with E-state index in [1.165, 1.54) is 11.3 Å². The molecule has 0 atom stereocenters. The van der Waals surface area contributed by atoms with Crippen LogP contribution in [0.3, 0.4) is 0 Å². The number of benzene rings is 2. The van der Waals surface area contributed by atoms with Gasteiger partial charge >= 0.3 is 0 Å². The third kappa shape index (κ3) is 4.20. The predicted molar refractivity (Wildman–Crippen MR) is 93.7 cm³/mol. The number of anilines is 1. The molecule has 0 saturated heterocycles. The lowest BCUT2D eigenvalue weighted by Gasteiger charge is -2.07. The lowest BCUT2D eigenvalue weighted by Crippen LogP contribution is -2.21. The standard InChI is InChI=1S/C16H16N2O3S2/c1-12-7-8-14-15(11-12)22-16(17-14)18-23(19,20)10-9-21-13-5-3-2-4-6-13/h2-8,11H,9-10H2,1H3,(H,17,18). The number of sulfonamides is 1. The molecule has 0 bridgehead atoms. The number of nitrogens with one attached hydrogen (secondary N) is 1. The average molecular weight is 348 g/mol. The number of para-hydroxylation sites is 1. The zero-order valence-electron chi connectivity index (χ0n) is 12.5. The van der Waals surface area contributed by atoms with Gasteiger partial charge in [-0.15, -0.1) is 0 Å². The van der Waals surface area contributed by atoms with E-state index in [1.807, 2.05) is 43.3 Å². The molecule has 3 rings (SSSR count). The molecule has 1 N–H and O–H groups in total. The molecular weight excluding hydrogens is 332 g/mol. The SMILES string of the molecule is Cc1ccc2nc(NS(=O)(=O)CCOc3ccccc3)sc2c1. The quantitative estimate of drug-likeness (QED) is 0.741. The first-order valence-electron chi connectivity index (χ1n) is 7.07. The summed E-state index contributed by atoms with van der Waals surface area (Å²) in [5.41, 5.74) is 1.91. The van der Waals surface area contributed by atoms with Gasteiger partial charge in [-0.25, -0.2) is 13.4 Å². The molecule has 23 heavy (non-hydrogen) atoms. The Morgan fingerprint density at radius 1 is 1.17 bits per heavy atom. The molecule has 0 aliphatic heterocycles. The van der Waals surface area contributed by atoms with Crippen LogP contribution in [0.25, 0.3) is 10.2 Å². The fourth-order valence-electron chi connectivity index (χ4n) is 2.05. The minimum Gasteiger partial charge on any atom is -0.492 e. The highest BCUT2D eigenvalue weighted by atomic mass is 32.2. The Kier molecular flexibility index (Phi) is 4.49. The van der Waals surface area contributed by atoms with Crippen LogP contribution >= 0.6 is 11.3 Å². The summed E-state index contributed by atoms with van der Waals surface area (Å²) in [5.74, 6) is 0.523. The topological polar surface area (TPSA) is 68.3 Å². The first kappa shape index (κ1) is 15.8. The lowest BCUT2D eigenvalue weighted by molar-refractivity contribution is 0.341. The molecule has 0 radical (unpaired) electrons. The zero-order chi connectivity index (χ0) is 16.3. The van der Waals surface area contributed by atoms with E-state index in [9.17, 15) is 8.42 Å². The summed E-state index contributed by atoms with van der Waals surface area (Å²) in [4.78, 5) is 4.29. The summed E-state index contributed by atoms with van der Waals surface area (Å²) in [7, 11) is -3.49. The van der Waals surface area contributed by atoms with Crippen molar-refractivity contribution in [1.29, 1.82) is 0 Å². The Balaban J connectivity index is 1.63. The van der Waals surface area contributed by atoms with Crippen molar-refractivity contribution < 1.29 is 13.2 Å². The average Bonchev–Trinajstić information content (AvgIpc) is 2.88. The largest absolute Gasteiger partial charge is 0.492 e. The molecule has 3 aromatic rings. The van der Waals surface area contributed by atoms with Crippen LogP contribution in [0.2, 0.25) is 0 Å². The van der Waals surface area contributed by atoms with Gasteiger partial charge in [0.25, 0.3) is 0 Å². The van der Waals surface area contributed by atoms with Crippen LogP contribution < -0.4 is 9.46 Å². The number of rotatable bonds is 6. The Morgan fingerprint density at radius 3 is 2.74 bits per heavy atom. The molecule has 2 aromatic carbocycles. The highest BCUT2D eigenvalue weighted by molar-refractivity contribution is 7.92. The molecule has 7 heteroatoms. The number of hydrogen-bond donors (Lipinski definition) is 1. The lowest BCUT2D eigenvalue weighted by atomic mass is 10.2. The third-order valence-electron chi connectivity index (χ3n) is 3.15. The van der Waals surface area contributed by atoms with Crippen LogP contribution in [0, 0.1) is 6.92 Å². The molecular formula is C16H16N2O3S2. The van der Waals surface area contributed by atoms with Crippen LogP contribution in [-0.4, -0.2) is 25.8 Å². The number of aryl methyl sites for hydroxylation is 1. The van der Waals surface area contributed by atoms with Crippen LogP contribution in [0.5, 0.6) is 5.75 Å². The maximum atomic E-state index is 12.1. The Morgan fingerprint density at radius 2 is 1.96 bits per heavy atom. The van der Waals surface area contributed by atoms with Crippen molar-refractivity contribution in [2.24, 2.45) is 0 Å². The van der Waals surface area contributed by atoms with Gasteiger partial charge in [-0.2, -0.15) is 0 Å². The highest BCUT2D eigenvalue weighted by Crippen LogP contribution is 2.27. The van der Waals surface area contributed by atoms with E-state index in [1.54, 1.807) is 12.1 Å². The van der Waals surface area contributed by atoms with Gasteiger partial charge in [-0.1, -0.05) is 35.6 Å². The van der Waals surface area contributed by atoms with E-state index in [2.05, 4.69) is 9.71 Å². The van der Waals surface area contributed by atoms with Gasteiger partial charge in [-0.05, 0) is 36.8 Å². The third-order valence-corrected chi connectivity index (χ3v) is 5.42. The number of aromatic nitrogens is 1. The summed E-state index contributed by atoms with van der Waals surface area (Å²) < 4.78 is 33.1. The summed E-state index contributed by atoms with van der Waals surface area (Å²) in [6.07, 6.45) is 0. The van der Waals surface area contributed by atoms with E-state index in [-0.39, 0.29) is 12.4 Å². The van der Waals surface area contributed by atoms with E-state index < -0.39 is 10.0 Å². The van der Waals surface area contributed by atoms with Crippen molar-refractivity contribution >= 4 is 36.7 Å². The molecule has 0 unspecified atom stereocenters. The molecule has 0 saturated carbocycles. The second kappa shape index (κ2) is 6.55. The minimum absolute atomic E-state index is 0.0867. The normalized spacial score (nSPS) is 11.5. The van der Waals surface area contributed by atoms with Gasteiger partial charge in [0.2, 0.25) is 10.0 Å². The molecule has 120 valence electrons. The summed E-state index contributed by atoms with van der Waals surface area (Å²) in [5, 5.41) is 0.380. The van der Waals surface area contributed by atoms with Gasteiger partial charge in [0.1, 0.15) is 18.1 Å². The van der Waals surface area contributed by atoms with E-state index in [0.29, 0.717) is 10.9 Å². The van der Waals surface area contributed by atoms with Crippen LogP contribution in [-0.2, 0) is 10.0 Å². The summed E-state index contributed by atoms with van der Waals surface area (Å²) in [6.45, 7) is 2.08. The molecule has 5 nitrogen and oxygen atoms in total. The van der Waals surface area contributed by atoms with Crippen molar-refractivity contribution in [3.8, 4) is 5.75 Å². The van der Waals surface area contributed by atoms with Crippen molar-refractivity contribution in [1.82, 2.24) is 4.98 Å².